The van der Waals surface area contributed by atoms with Crippen LogP contribution in [0.3, 0.4) is 0 Å². The molecule has 0 fully saturated rings. The van der Waals surface area contributed by atoms with Crippen LogP contribution in [0.15, 0.2) is 42.6 Å². The Morgan fingerprint density at radius 1 is 1.17 bits per heavy atom. The third-order valence-electron chi connectivity index (χ3n) is 3.15. The lowest BCUT2D eigenvalue weighted by atomic mass is 9.98. The van der Waals surface area contributed by atoms with Gasteiger partial charge < -0.3 is 5.32 Å². The SMILES string of the molecule is CC(C)(C)NC(=O)c1ccccc1CC(=O)c1ccnc(Cl)c1. The summed E-state index contributed by atoms with van der Waals surface area (Å²) in [4.78, 5) is 28.7. The van der Waals surface area contributed by atoms with Crippen LogP contribution in [0.5, 0.6) is 0 Å². The molecule has 1 aromatic carbocycles. The second-order valence-corrected chi connectivity index (χ2v) is 6.72. The lowest BCUT2D eigenvalue weighted by Crippen LogP contribution is -2.41. The van der Waals surface area contributed by atoms with Crippen molar-refractivity contribution in [2.75, 3.05) is 0 Å². The molecular formula is C18H19ClN2O2. The first-order valence-corrected chi connectivity index (χ1v) is 7.69. The number of hydrogen-bond donors (Lipinski definition) is 1. The van der Waals surface area contributed by atoms with E-state index in [4.69, 9.17) is 11.6 Å². The molecule has 0 bridgehead atoms. The number of amides is 1. The summed E-state index contributed by atoms with van der Waals surface area (Å²) in [6.07, 6.45) is 1.63. The molecule has 1 heterocycles. The fraction of sp³-hybridized carbons (Fsp3) is 0.278. The predicted octanol–water partition coefficient (Wildman–Crippen LogP) is 3.69. The van der Waals surface area contributed by atoms with Gasteiger partial charge in [-0.25, -0.2) is 4.98 Å². The molecule has 0 saturated heterocycles. The Morgan fingerprint density at radius 2 is 1.87 bits per heavy atom. The maximum Gasteiger partial charge on any atom is 0.251 e. The minimum absolute atomic E-state index is 0.106. The monoisotopic (exact) mass is 330 g/mol. The molecule has 0 unspecified atom stereocenters. The van der Waals surface area contributed by atoms with E-state index in [1.807, 2.05) is 26.8 Å². The van der Waals surface area contributed by atoms with E-state index in [-0.39, 0.29) is 28.8 Å². The Kier molecular flexibility index (Phi) is 5.16. The number of halogens is 1. The Balaban J connectivity index is 2.24. The highest BCUT2D eigenvalue weighted by molar-refractivity contribution is 6.29. The zero-order chi connectivity index (χ0) is 17.0. The van der Waals surface area contributed by atoms with Gasteiger partial charge in [0.1, 0.15) is 5.15 Å². The smallest absolute Gasteiger partial charge is 0.251 e. The summed E-state index contributed by atoms with van der Waals surface area (Å²) in [5.41, 5.74) is 1.34. The fourth-order valence-electron chi connectivity index (χ4n) is 2.15. The number of pyridine rings is 1. The van der Waals surface area contributed by atoms with E-state index in [0.29, 0.717) is 16.7 Å². The summed E-state index contributed by atoms with van der Waals surface area (Å²) < 4.78 is 0. The van der Waals surface area contributed by atoms with Crippen molar-refractivity contribution in [1.82, 2.24) is 10.3 Å². The van der Waals surface area contributed by atoms with Crippen molar-refractivity contribution in [2.45, 2.75) is 32.7 Å². The second-order valence-electron chi connectivity index (χ2n) is 6.33. The van der Waals surface area contributed by atoms with Gasteiger partial charge in [-0.2, -0.15) is 0 Å². The van der Waals surface area contributed by atoms with Crippen LogP contribution >= 0.6 is 11.6 Å². The van der Waals surface area contributed by atoms with E-state index in [0.717, 1.165) is 0 Å². The molecule has 0 spiro atoms. The van der Waals surface area contributed by atoms with E-state index >= 15 is 0 Å². The summed E-state index contributed by atoms with van der Waals surface area (Å²) in [7, 11) is 0. The fourth-order valence-corrected chi connectivity index (χ4v) is 2.33. The molecule has 120 valence electrons. The van der Waals surface area contributed by atoms with Crippen LogP contribution in [-0.4, -0.2) is 22.2 Å². The van der Waals surface area contributed by atoms with E-state index in [2.05, 4.69) is 10.3 Å². The molecular weight excluding hydrogens is 312 g/mol. The molecule has 0 saturated carbocycles. The Hall–Kier alpha value is -2.20. The minimum Gasteiger partial charge on any atom is -0.347 e. The number of Topliss-reactive ketones (excluding diaryl/α,β-unsaturated/α-hetero) is 1. The van der Waals surface area contributed by atoms with E-state index < -0.39 is 0 Å². The Bertz CT molecular complexity index is 736. The number of ketones is 1. The average Bonchev–Trinajstić information content (AvgIpc) is 2.46. The van der Waals surface area contributed by atoms with E-state index in [1.165, 1.54) is 12.3 Å². The van der Waals surface area contributed by atoms with Gasteiger partial charge in [0.15, 0.2) is 5.78 Å². The van der Waals surface area contributed by atoms with Gasteiger partial charge in [0, 0.05) is 29.3 Å². The standard InChI is InChI=1S/C18H19ClN2O2/c1-18(2,3)21-17(23)14-7-5-4-6-12(14)10-15(22)13-8-9-20-16(19)11-13/h4-9,11H,10H2,1-3H3,(H,21,23). The summed E-state index contributed by atoms with van der Waals surface area (Å²) in [5.74, 6) is -0.293. The van der Waals surface area contributed by atoms with Gasteiger partial charge in [-0.15, -0.1) is 0 Å². The zero-order valence-electron chi connectivity index (χ0n) is 13.4. The maximum absolute atomic E-state index is 12.4. The molecule has 0 atom stereocenters. The van der Waals surface area contributed by atoms with E-state index in [9.17, 15) is 9.59 Å². The first-order chi connectivity index (χ1) is 10.8. The molecule has 1 amide bonds. The van der Waals surface area contributed by atoms with Crippen molar-refractivity contribution in [3.05, 3.63) is 64.4 Å². The highest BCUT2D eigenvalue weighted by atomic mass is 35.5. The van der Waals surface area contributed by atoms with Crippen molar-refractivity contribution < 1.29 is 9.59 Å². The summed E-state index contributed by atoms with van der Waals surface area (Å²) in [5, 5.41) is 3.19. The van der Waals surface area contributed by atoms with Gasteiger partial charge in [0.05, 0.1) is 0 Å². The first kappa shape index (κ1) is 17.2. The molecule has 1 aromatic heterocycles. The van der Waals surface area contributed by atoms with Gasteiger partial charge >= 0.3 is 0 Å². The number of rotatable bonds is 4. The summed E-state index contributed by atoms with van der Waals surface area (Å²) >= 11 is 5.82. The van der Waals surface area contributed by atoms with Crippen LogP contribution in [0.25, 0.3) is 0 Å². The lowest BCUT2D eigenvalue weighted by Gasteiger charge is -2.21. The third-order valence-corrected chi connectivity index (χ3v) is 3.36. The van der Waals surface area contributed by atoms with Crippen molar-refractivity contribution in [2.24, 2.45) is 0 Å². The van der Waals surface area contributed by atoms with Crippen LogP contribution < -0.4 is 5.32 Å². The van der Waals surface area contributed by atoms with Gasteiger partial charge in [-0.3, -0.25) is 9.59 Å². The molecule has 0 aliphatic carbocycles. The number of hydrogen-bond acceptors (Lipinski definition) is 3. The van der Waals surface area contributed by atoms with Gasteiger partial charge in [-0.1, -0.05) is 29.8 Å². The Labute approximate surface area is 140 Å². The largest absolute Gasteiger partial charge is 0.347 e. The minimum atomic E-state index is -0.340. The first-order valence-electron chi connectivity index (χ1n) is 7.31. The molecule has 23 heavy (non-hydrogen) atoms. The predicted molar refractivity (Wildman–Crippen MR) is 90.9 cm³/mol. The molecule has 4 nitrogen and oxygen atoms in total. The van der Waals surface area contributed by atoms with Crippen molar-refractivity contribution in [3.8, 4) is 0 Å². The lowest BCUT2D eigenvalue weighted by molar-refractivity contribution is 0.0918. The zero-order valence-corrected chi connectivity index (χ0v) is 14.1. The molecule has 0 radical (unpaired) electrons. The Morgan fingerprint density at radius 3 is 2.52 bits per heavy atom. The number of nitrogens with one attached hydrogen (secondary N) is 1. The van der Waals surface area contributed by atoms with Crippen LogP contribution in [0.4, 0.5) is 0 Å². The molecule has 2 rings (SSSR count). The van der Waals surface area contributed by atoms with Gasteiger partial charge in [-0.05, 0) is 44.5 Å². The van der Waals surface area contributed by atoms with Crippen molar-refractivity contribution in [1.29, 1.82) is 0 Å². The van der Waals surface area contributed by atoms with Crippen molar-refractivity contribution >= 4 is 23.3 Å². The highest BCUT2D eigenvalue weighted by Gasteiger charge is 2.19. The van der Waals surface area contributed by atoms with Crippen molar-refractivity contribution in [3.63, 3.8) is 0 Å². The van der Waals surface area contributed by atoms with Crippen LogP contribution in [0.1, 0.15) is 47.1 Å². The maximum atomic E-state index is 12.4. The second kappa shape index (κ2) is 6.92. The summed E-state index contributed by atoms with van der Waals surface area (Å²) in [6.45, 7) is 5.74. The molecule has 2 aromatic rings. The van der Waals surface area contributed by atoms with Crippen LogP contribution in [0.2, 0.25) is 5.15 Å². The van der Waals surface area contributed by atoms with Crippen LogP contribution in [0, 0.1) is 0 Å². The van der Waals surface area contributed by atoms with Gasteiger partial charge in [0.2, 0.25) is 0 Å². The highest BCUT2D eigenvalue weighted by Crippen LogP contribution is 2.15. The number of benzene rings is 1. The topological polar surface area (TPSA) is 59.1 Å². The molecule has 0 aliphatic heterocycles. The number of nitrogens with zero attached hydrogens (tertiary/aromatic N) is 1. The quantitative estimate of drug-likeness (QED) is 0.687. The average molecular weight is 331 g/mol. The van der Waals surface area contributed by atoms with Crippen LogP contribution in [-0.2, 0) is 6.42 Å². The normalized spacial score (nSPS) is 11.1. The number of aromatic nitrogens is 1. The van der Waals surface area contributed by atoms with Gasteiger partial charge in [0.25, 0.3) is 5.91 Å². The molecule has 5 heteroatoms. The third kappa shape index (κ3) is 4.89. The van der Waals surface area contributed by atoms with E-state index in [1.54, 1.807) is 24.3 Å². The number of carbonyl (C=O) groups excluding carboxylic acids is 2. The molecule has 1 N–H and O–H groups in total. The number of carbonyl (C=O) groups is 2. The summed E-state index contributed by atoms with van der Waals surface area (Å²) in [6, 6.07) is 10.3. The molecule has 0 aliphatic rings.